The van der Waals surface area contributed by atoms with Gasteiger partial charge in [-0.15, -0.1) is 0 Å². The molecule has 7 nitrogen and oxygen atoms in total. The number of amides is 2. The Hall–Kier alpha value is -2.80. The van der Waals surface area contributed by atoms with Crippen LogP contribution in [0.5, 0.6) is 17.4 Å². The van der Waals surface area contributed by atoms with Crippen LogP contribution in [0.1, 0.15) is 31.2 Å². The Morgan fingerprint density at radius 3 is 2.83 bits per heavy atom. The standard InChI is InChI=1S/C22H28N4O3/c1-15-6-8-19(20(13-15)28-2)29-21-9-7-16(14-23-21)24-22(27)25-17-10-12-26-11-4-3-5-18(17)26/h6-9,13-14,17-18H,3-5,10-12H2,1-2H3,(H2,24,25,27)/t17-,18-/m0/s1. The van der Waals surface area contributed by atoms with E-state index in [2.05, 4.69) is 20.5 Å². The molecule has 4 rings (SSSR count). The van der Waals surface area contributed by atoms with Gasteiger partial charge < -0.3 is 20.1 Å². The first-order valence-corrected chi connectivity index (χ1v) is 10.2. The number of fused-ring (bicyclic) bond motifs is 1. The van der Waals surface area contributed by atoms with E-state index in [4.69, 9.17) is 9.47 Å². The lowest BCUT2D eigenvalue weighted by molar-refractivity contribution is 0.180. The summed E-state index contributed by atoms with van der Waals surface area (Å²) in [4.78, 5) is 19.2. The van der Waals surface area contributed by atoms with Gasteiger partial charge in [-0.05, 0) is 56.5 Å². The van der Waals surface area contributed by atoms with Gasteiger partial charge in [0.1, 0.15) is 0 Å². The molecule has 0 unspecified atom stereocenters. The smallest absolute Gasteiger partial charge is 0.319 e. The molecule has 2 atom stereocenters. The summed E-state index contributed by atoms with van der Waals surface area (Å²) in [5, 5.41) is 6.01. The Balaban J connectivity index is 1.33. The molecule has 2 amide bonds. The molecule has 0 spiro atoms. The third-order valence-corrected chi connectivity index (χ3v) is 5.70. The second-order valence-electron chi connectivity index (χ2n) is 7.73. The first-order chi connectivity index (χ1) is 14.1. The van der Waals surface area contributed by atoms with E-state index in [1.165, 1.54) is 19.3 Å². The predicted molar refractivity (Wildman–Crippen MR) is 112 cm³/mol. The van der Waals surface area contributed by atoms with E-state index in [0.29, 0.717) is 29.1 Å². The maximum Gasteiger partial charge on any atom is 0.319 e. The van der Waals surface area contributed by atoms with Crippen LogP contribution in [-0.4, -0.2) is 48.2 Å². The van der Waals surface area contributed by atoms with Gasteiger partial charge in [0.05, 0.1) is 19.0 Å². The van der Waals surface area contributed by atoms with E-state index in [1.54, 1.807) is 25.4 Å². The van der Waals surface area contributed by atoms with Crippen molar-refractivity contribution in [2.45, 2.75) is 44.7 Å². The van der Waals surface area contributed by atoms with Crippen molar-refractivity contribution in [3.8, 4) is 17.4 Å². The summed E-state index contributed by atoms with van der Waals surface area (Å²) >= 11 is 0. The van der Waals surface area contributed by atoms with Gasteiger partial charge in [-0.25, -0.2) is 9.78 Å². The summed E-state index contributed by atoms with van der Waals surface area (Å²) < 4.78 is 11.2. The molecule has 0 aliphatic carbocycles. The fourth-order valence-corrected chi connectivity index (χ4v) is 4.24. The van der Waals surface area contributed by atoms with Crippen LogP contribution in [0.3, 0.4) is 0 Å². The van der Waals surface area contributed by atoms with Crippen molar-refractivity contribution in [2.75, 3.05) is 25.5 Å². The Morgan fingerprint density at radius 1 is 1.14 bits per heavy atom. The van der Waals surface area contributed by atoms with Crippen molar-refractivity contribution in [3.05, 3.63) is 42.1 Å². The second kappa shape index (κ2) is 8.69. The van der Waals surface area contributed by atoms with E-state index in [9.17, 15) is 4.79 Å². The van der Waals surface area contributed by atoms with Crippen molar-refractivity contribution < 1.29 is 14.3 Å². The first-order valence-electron chi connectivity index (χ1n) is 10.2. The Kier molecular flexibility index (Phi) is 5.85. The lowest BCUT2D eigenvalue weighted by atomic mass is 9.99. The van der Waals surface area contributed by atoms with E-state index < -0.39 is 0 Å². The van der Waals surface area contributed by atoms with Crippen LogP contribution in [0.25, 0.3) is 0 Å². The van der Waals surface area contributed by atoms with E-state index in [1.807, 2.05) is 25.1 Å². The average Bonchev–Trinajstić information content (AvgIpc) is 3.13. The minimum atomic E-state index is -0.182. The van der Waals surface area contributed by atoms with Gasteiger partial charge in [0.15, 0.2) is 11.5 Å². The second-order valence-corrected chi connectivity index (χ2v) is 7.73. The molecule has 1 aromatic heterocycles. The van der Waals surface area contributed by atoms with E-state index in [0.717, 1.165) is 25.1 Å². The van der Waals surface area contributed by atoms with Crippen LogP contribution in [0.15, 0.2) is 36.5 Å². The van der Waals surface area contributed by atoms with Crippen LogP contribution >= 0.6 is 0 Å². The zero-order chi connectivity index (χ0) is 20.2. The van der Waals surface area contributed by atoms with Crippen LogP contribution in [0.2, 0.25) is 0 Å². The number of carbonyl (C=O) groups excluding carboxylic acids is 1. The molecule has 1 aromatic carbocycles. The molecule has 29 heavy (non-hydrogen) atoms. The fourth-order valence-electron chi connectivity index (χ4n) is 4.24. The Labute approximate surface area is 171 Å². The lowest BCUT2D eigenvalue weighted by Crippen LogP contribution is -2.47. The molecule has 3 heterocycles. The Bertz CT molecular complexity index is 856. The number of piperidine rings is 1. The topological polar surface area (TPSA) is 75.7 Å². The molecule has 0 bridgehead atoms. The minimum absolute atomic E-state index is 0.182. The number of anilines is 1. The minimum Gasteiger partial charge on any atom is -0.493 e. The highest BCUT2D eigenvalue weighted by molar-refractivity contribution is 5.89. The third-order valence-electron chi connectivity index (χ3n) is 5.70. The van der Waals surface area contributed by atoms with Gasteiger partial charge in [0, 0.05) is 24.7 Å². The zero-order valence-corrected chi connectivity index (χ0v) is 17.0. The van der Waals surface area contributed by atoms with Crippen molar-refractivity contribution in [1.29, 1.82) is 0 Å². The van der Waals surface area contributed by atoms with Crippen LogP contribution in [-0.2, 0) is 0 Å². The number of nitrogens with zero attached hydrogens (tertiary/aromatic N) is 2. The van der Waals surface area contributed by atoms with Crippen molar-refractivity contribution >= 4 is 11.7 Å². The number of methoxy groups -OCH3 is 1. The highest BCUT2D eigenvalue weighted by atomic mass is 16.5. The van der Waals surface area contributed by atoms with Crippen LogP contribution in [0, 0.1) is 6.92 Å². The quantitative estimate of drug-likeness (QED) is 0.801. The fraction of sp³-hybridized carbons (Fsp3) is 0.455. The van der Waals surface area contributed by atoms with Gasteiger partial charge in [0.2, 0.25) is 5.88 Å². The number of urea groups is 1. The number of aromatic nitrogens is 1. The predicted octanol–water partition coefficient (Wildman–Crippen LogP) is 3.94. The molecule has 2 saturated heterocycles. The monoisotopic (exact) mass is 396 g/mol. The number of nitrogens with one attached hydrogen (secondary N) is 2. The number of carbonyl (C=O) groups is 1. The normalized spacial score (nSPS) is 21.3. The van der Waals surface area contributed by atoms with Crippen molar-refractivity contribution in [1.82, 2.24) is 15.2 Å². The number of pyridine rings is 1. The van der Waals surface area contributed by atoms with Crippen LogP contribution in [0.4, 0.5) is 10.5 Å². The van der Waals surface area contributed by atoms with Gasteiger partial charge in [0.25, 0.3) is 0 Å². The molecule has 2 aliphatic rings. The van der Waals surface area contributed by atoms with Gasteiger partial charge in [-0.1, -0.05) is 12.5 Å². The first kappa shape index (κ1) is 19.5. The maximum atomic E-state index is 12.4. The van der Waals surface area contributed by atoms with Gasteiger partial charge >= 0.3 is 6.03 Å². The highest BCUT2D eigenvalue weighted by Crippen LogP contribution is 2.31. The molecular weight excluding hydrogens is 368 g/mol. The summed E-state index contributed by atoms with van der Waals surface area (Å²) in [7, 11) is 1.61. The third kappa shape index (κ3) is 4.62. The summed E-state index contributed by atoms with van der Waals surface area (Å²) in [5.74, 6) is 1.69. The number of aryl methyl sites for hydroxylation is 1. The molecule has 0 saturated carbocycles. The number of ether oxygens (including phenoxy) is 2. The van der Waals surface area contributed by atoms with Crippen molar-refractivity contribution in [3.63, 3.8) is 0 Å². The molecule has 154 valence electrons. The SMILES string of the molecule is COc1cc(C)ccc1Oc1ccc(NC(=O)N[C@H]2CCN3CCCC[C@@H]23)cn1. The van der Waals surface area contributed by atoms with Crippen molar-refractivity contribution in [2.24, 2.45) is 0 Å². The number of rotatable bonds is 5. The summed E-state index contributed by atoms with van der Waals surface area (Å²) in [5.41, 5.74) is 1.72. The largest absolute Gasteiger partial charge is 0.493 e. The molecule has 7 heteroatoms. The molecule has 0 radical (unpaired) electrons. The zero-order valence-electron chi connectivity index (χ0n) is 17.0. The number of hydrogen-bond acceptors (Lipinski definition) is 5. The molecule has 2 N–H and O–H groups in total. The lowest BCUT2D eigenvalue weighted by Gasteiger charge is -2.32. The number of hydrogen-bond donors (Lipinski definition) is 2. The maximum absolute atomic E-state index is 12.4. The highest BCUT2D eigenvalue weighted by Gasteiger charge is 2.36. The summed E-state index contributed by atoms with van der Waals surface area (Å²) in [6.07, 6.45) is 6.29. The molecule has 2 aromatic rings. The molecular formula is C22H28N4O3. The van der Waals surface area contributed by atoms with E-state index >= 15 is 0 Å². The Morgan fingerprint density at radius 2 is 2.03 bits per heavy atom. The van der Waals surface area contributed by atoms with Crippen LogP contribution < -0.4 is 20.1 Å². The summed E-state index contributed by atoms with van der Waals surface area (Å²) in [6, 6.07) is 9.75. The molecule has 2 aliphatic heterocycles. The molecule has 2 fully saturated rings. The van der Waals surface area contributed by atoms with E-state index in [-0.39, 0.29) is 12.1 Å². The van der Waals surface area contributed by atoms with Gasteiger partial charge in [-0.3, -0.25) is 4.90 Å². The average molecular weight is 396 g/mol. The summed E-state index contributed by atoms with van der Waals surface area (Å²) in [6.45, 7) is 4.22. The number of benzene rings is 1. The van der Waals surface area contributed by atoms with Gasteiger partial charge in [-0.2, -0.15) is 0 Å².